The Bertz CT molecular complexity index is 1580. The molecular weight excluding hydrogens is 644 g/mol. The molecule has 3 aromatic rings. The number of likely N-dealkylation sites (tertiary alicyclic amines) is 1. The summed E-state index contributed by atoms with van der Waals surface area (Å²) in [6.45, 7) is 10.8. The van der Waals surface area contributed by atoms with Crippen molar-refractivity contribution in [1.82, 2.24) is 19.8 Å². The van der Waals surface area contributed by atoms with Crippen molar-refractivity contribution in [1.29, 1.82) is 0 Å². The second-order valence-electron chi connectivity index (χ2n) is 12.5. The summed E-state index contributed by atoms with van der Waals surface area (Å²) >= 11 is 3.95. The summed E-state index contributed by atoms with van der Waals surface area (Å²) in [6, 6.07) is 13.4. The fourth-order valence-corrected chi connectivity index (χ4v) is 6.22. The van der Waals surface area contributed by atoms with Gasteiger partial charge in [-0.15, -0.1) is 0 Å². The zero-order chi connectivity index (χ0) is 33.7. The van der Waals surface area contributed by atoms with E-state index in [2.05, 4.69) is 30.4 Å². The first kappa shape index (κ1) is 34.5. The van der Waals surface area contributed by atoms with E-state index in [1.165, 1.54) is 13.2 Å². The van der Waals surface area contributed by atoms with Gasteiger partial charge in [0.1, 0.15) is 16.4 Å². The molecular formula is C32H42ClN8O5S-. The topological polar surface area (TPSA) is 138 Å². The van der Waals surface area contributed by atoms with Gasteiger partial charge < -0.3 is 38.8 Å². The number of benzene rings is 2. The molecule has 1 amide bonds. The van der Waals surface area contributed by atoms with Gasteiger partial charge in [-0.3, -0.25) is 9.11 Å². The van der Waals surface area contributed by atoms with E-state index < -0.39 is 16.9 Å². The molecule has 47 heavy (non-hydrogen) atoms. The van der Waals surface area contributed by atoms with Gasteiger partial charge >= 0.3 is 6.09 Å². The van der Waals surface area contributed by atoms with Gasteiger partial charge in [-0.25, -0.2) is 9.78 Å². The summed E-state index contributed by atoms with van der Waals surface area (Å²) in [5, 5.41) is 6.61. The third-order valence-electron chi connectivity index (χ3n) is 8.21. The first-order valence-electron chi connectivity index (χ1n) is 15.6. The average molecular weight is 686 g/mol. The molecule has 2 aliphatic rings. The number of hydrogen-bond donors (Lipinski definition) is 2. The van der Waals surface area contributed by atoms with Crippen molar-refractivity contribution in [3.63, 3.8) is 0 Å². The van der Waals surface area contributed by atoms with E-state index in [0.29, 0.717) is 47.8 Å². The fourth-order valence-electron chi connectivity index (χ4n) is 5.76. The molecule has 5 rings (SSSR count). The molecule has 2 aliphatic heterocycles. The number of amides is 1. The van der Waals surface area contributed by atoms with Crippen LogP contribution in [0, 0.1) is 0 Å². The maximum absolute atomic E-state index is 12.5. The smallest absolute Gasteiger partial charge is 0.410 e. The number of ether oxygens (including phenoxy) is 2. The number of piperidine rings is 1. The van der Waals surface area contributed by atoms with Crippen LogP contribution in [0.3, 0.4) is 0 Å². The Labute approximate surface area is 283 Å². The molecule has 1 atom stereocenters. The molecule has 0 aliphatic carbocycles. The van der Waals surface area contributed by atoms with E-state index in [1.807, 2.05) is 43.9 Å². The van der Waals surface area contributed by atoms with Gasteiger partial charge in [0.2, 0.25) is 5.95 Å². The summed E-state index contributed by atoms with van der Waals surface area (Å²) in [5.41, 5.74) is 2.21. The lowest BCUT2D eigenvalue weighted by molar-refractivity contribution is 0.0140. The van der Waals surface area contributed by atoms with E-state index in [4.69, 9.17) is 21.1 Å². The van der Waals surface area contributed by atoms with E-state index >= 15 is 0 Å². The van der Waals surface area contributed by atoms with Gasteiger partial charge in [0.05, 0.1) is 30.4 Å². The van der Waals surface area contributed by atoms with Crippen molar-refractivity contribution in [2.45, 2.75) is 45.3 Å². The number of hydrogen-bond acceptors (Lipinski definition) is 11. The van der Waals surface area contributed by atoms with Crippen LogP contribution in [0.2, 0.25) is 5.02 Å². The number of anilines is 6. The largest absolute Gasteiger partial charge is 0.755 e. The quantitative estimate of drug-likeness (QED) is 0.281. The van der Waals surface area contributed by atoms with Crippen molar-refractivity contribution < 1.29 is 23.0 Å². The molecule has 1 unspecified atom stereocenters. The molecule has 2 N–H and O–H groups in total. The summed E-state index contributed by atoms with van der Waals surface area (Å²) in [4.78, 5) is 28.0. The molecule has 13 nitrogen and oxygen atoms in total. The molecule has 0 saturated carbocycles. The molecule has 0 bridgehead atoms. The minimum Gasteiger partial charge on any atom is -0.755 e. The van der Waals surface area contributed by atoms with Gasteiger partial charge in [0.25, 0.3) is 0 Å². The molecule has 0 radical (unpaired) electrons. The van der Waals surface area contributed by atoms with Crippen LogP contribution in [0.4, 0.5) is 39.3 Å². The first-order valence-corrected chi connectivity index (χ1v) is 17.0. The summed E-state index contributed by atoms with van der Waals surface area (Å²) < 4.78 is 35.5. The SMILES string of the molecule is COc1cc(N2CCN(C3CCN(C(=O)OC(C)(C)C)CC3)CC2)ccc1Nc1ncc(Cl)c(Nc2ccccc2N(C)S(=O)[O-])n1. The maximum atomic E-state index is 12.5. The lowest BCUT2D eigenvalue weighted by Crippen LogP contribution is -2.54. The molecule has 15 heteroatoms. The number of halogens is 1. The number of rotatable bonds is 9. The fraction of sp³-hybridized carbons (Fsp3) is 0.469. The van der Waals surface area contributed by atoms with E-state index in [0.717, 1.165) is 49.0 Å². The van der Waals surface area contributed by atoms with E-state index in [9.17, 15) is 13.6 Å². The zero-order valence-electron chi connectivity index (χ0n) is 27.4. The van der Waals surface area contributed by atoms with Crippen LogP contribution >= 0.6 is 11.6 Å². The Hall–Kier alpha value is -3.85. The Balaban J connectivity index is 1.19. The average Bonchev–Trinajstić information content (AvgIpc) is 3.05. The van der Waals surface area contributed by atoms with Crippen molar-refractivity contribution >= 4 is 63.5 Å². The van der Waals surface area contributed by atoms with Gasteiger partial charge in [-0.05, 0) is 57.9 Å². The van der Waals surface area contributed by atoms with Gasteiger partial charge in [0.15, 0.2) is 5.82 Å². The Morgan fingerprint density at radius 3 is 2.40 bits per heavy atom. The Morgan fingerprint density at radius 2 is 1.74 bits per heavy atom. The number of methoxy groups -OCH3 is 1. The molecule has 2 aromatic carbocycles. The molecule has 3 heterocycles. The monoisotopic (exact) mass is 685 g/mol. The molecule has 2 fully saturated rings. The second kappa shape index (κ2) is 14.9. The normalized spacial score (nSPS) is 16.8. The minimum atomic E-state index is -2.45. The number of para-hydroxylation sites is 2. The highest BCUT2D eigenvalue weighted by Gasteiger charge is 2.31. The highest BCUT2D eigenvalue weighted by molar-refractivity contribution is 7.80. The highest BCUT2D eigenvalue weighted by Crippen LogP contribution is 2.34. The van der Waals surface area contributed by atoms with Crippen molar-refractivity contribution in [2.24, 2.45) is 0 Å². The van der Waals surface area contributed by atoms with Crippen LogP contribution in [0.5, 0.6) is 5.75 Å². The van der Waals surface area contributed by atoms with Crippen molar-refractivity contribution in [3.05, 3.63) is 53.7 Å². The Morgan fingerprint density at radius 1 is 1.04 bits per heavy atom. The highest BCUT2D eigenvalue weighted by atomic mass is 35.5. The van der Waals surface area contributed by atoms with Crippen LogP contribution in [-0.2, 0) is 16.0 Å². The maximum Gasteiger partial charge on any atom is 0.410 e. The third kappa shape index (κ3) is 8.74. The summed E-state index contributed by atoms with van der Waals surface area (Å²) in [7, 11) is 3.07. The van der Waals surface area contributed by atoms with Gasteiger partial charge in [0, 0.05) is 75.4 Å². The van der Waals surface area contributed by atoms with Gasteiger partial charge in [-0.1, -0.05) is 23.7 Å². The van der Waals surface area contributed by atoms with E-state index in [-0.39, 0.29) is 17.1 Å². The zero-order valence-corrected chi connectivity index (χ0v) is 28.9. The van der Waals surface area contributed by atoms with Crippen LogP contribution in [0.25, 0.3) is 0 Å². The van der Waals surface area contributed by atoms with Crippen LogP contribution in [-0.4, -0.2) is 99.7 Å². The molecule has 1 aromatic heterocycles. The number of carbonyl (C=O) groups is 1. The van der Waals surface area contributed by atoms with Crippen LogP contribution in [0.15, 0.2) is 48.7 Å². The van der Waals surface area contributed by atoms with E-state index in [1.54, 1.807) is 31.4 Å². The summed E-state index contributed by atoms with van der Waals surface area (Å²) in [5.74, 6) is 1.23. The first-order chi connectivity index (χ1) is 22.4. The van der Waals surface area contributed by atoms with Crippen LogP contribution < -0.4 is 24.6 Å². The Kier molecular flexibility index (Phi) is 11.0. The van der Waals surface area contributed by atoms with Crippen LogP contribution in [0.1, 0.15) is 33.6 Å². The standard InChI is InChI=1S/C32H43ClN8O5S/c1-32(2,3)46-31(42)41-14-12-22(13-15-41)39-16-18-40(19-17-39)23-10-11-26(28(20-23)45-5)36-30-34-21-24(33)29(37-30)35-25-8-6-7-9-27(25)38(4)47(43)44/h6-11,20-22H,12-19H2,1-5H3,(H,43,44)(H2,34,35,36,37)/p-1. The number of nitrogens with one attached hydrogen (secondary N) is 2. The summed E-state index contributed by atoms with van der Waals surface area (Å²) in [6.07, 6.45) is 3.14. The third-order valence-corrected chi connectivity index (χ3v) is 9.13. The number of aromatic nitrogens is 2. The molecule has 0 spiro atoms. The minimum absolute atomic E-state index is 0.224. The lowest BCUT2D eigenvalue weighted by atomic mass is 10.0. The second-order valence-corrected chi connectivity index (χ2v) is 13.9. The number of carbonyl (C=O) groups excluding carboxylic acids is 1. The van der Waals surface area contributed by atoms with Crippen molar-refractivity contribution in [3.8, 4) is 5.75 Å². The number of nitrogens with zero attached hydrogens (tertiary/aromatic N) is 6. The van der Waals surface area contributed by atoms with Crippen molar-refractivity contribution in [2.75, 3.05) is 73.3 Å². The molecule has 2 saturated heterocycles. The number of piperazine rings is 1. The predicted octanol–water partition coefficient (Wildman–Crippen LogP) is 5.38. The predicted molar refractivity (Wildman–Crippen MR) is 185 cm³/mol. The molecule has 254 valence electrons. The lowest BCUT2D eigenvalue weighted by Gasteiger charge is -2.43. The van der Waals surface area contributed by atoms with Gasteiger partial charge in [-0.2, -0.15) is 4.98 Å².